The van der Waals surface area contributed by atoms with Crippen molar-refractivity contribution >= 4 is 17.4 Å². The first-order valence-corrected chi connectivity index (χ1v) is 11.6. The summed E-state index contributed by atoms with van der Waals surface area (Å²) in [7, 11) is 1.61. The van der Waals surface area contributed by atoms with Crippen molar-refractivity contribution in [2.75, 3.05) is 11.9 Å². The van der Waals surface area contributed by atoms with E-state index in [9.17, 15) is 18.8 Å². The number of pyridine rings is 1. The summed E-state index contributed by atoms with van der Waals surface area (Å²) in [4.78, 5) is 48.7. The molecule has 0 bridgehead atoms. The van der Waals surface area contributed by atoms with Gasteiger partial charge in [0.25, 0.3) is 5.56 Å². The van der Waals surface area contributed by atoms with E-state index in [1.54, 1.807) is 26.2 Å². The third-order valence-electron chi connectivity index (χ3n) is 6.29. The van der Waals surface area contributed by atoms with E-state index in [1.165, 1.54) is 46.1 Å². The van der Waals surface area contributed by atoms with Crippen LogP contribution >= 0.6 is 0 Å². The zero-order valence-corrected chi connectivity index (χ0v) is 20.7. The minimum absolute atomic E-state index is 0.0691. The molecule has 1 unspecified atom stereocenters. The molecule has 0 spiro atoms. The predicted molar refractivity (Wildman–Crippen MR) is 139 cm³/mol. The summed E-state index contributed by atoms with van der Waals surface area (Å²) in [5.41, 5.74) is 8.20. The van der Waals surface area contributed by atoms with E-state index >= 15 is 0 Å². The highest BCUT2D eigenvalue weighted by Gasteiger charge is 2.22. The molecule has 0 radical (unpaired) electrons. The van der Waals surface area contributed by atoms with Crippen LogP contribution in [0.2, 0.25) is 0 Å². The fourth-order valence-electron chi connectivity index (χ4n) is 3.96. The van der Waals surface area contributed by atoms with Gasteiger partial charge in [-0.2, -0.15) is 0 Å². The van der Waals surface area contributed by atoms with E-state index < -0.39 is 17.8 Å². The maximum absolute atomic E-state index is 13.7. The van der Waals surface area contributed by atoms with Crippen LogP contribution < -0.4 is 16.2 Å². The number of carbonyl (C=O) groups is 2. The topological polar surface area (TPSA) is 111 Å². The minimum Gasteiger partial charge on any atom is -0.368 e. The lowest BCUT2D eigenvalue weighted by Crippen LogP contribution is -2.43. The van der Waals surface area contributed by atoms with Crippen LogP contribution in [0.25, 0.3) is 11.4 Å². The number of benzene rings is 2. The predicted octanol–water partition coefficient (Wildman–Crippen LogP) is 3.34. The number of hydrogen-bond donors (Lipinski definition) is 1. The van der Waals surface area contributed by atoms with Crippen LogP contribution in [0.15, 0.2) is 78.0 Å². The summed E-state index contributed by atoms with van der Waals surface area (Å²) in [6.45, 7) is 3.60. The summed E-state index contributed by atoms with van der Waals surface area (Å²) in [5, 5.41) is 0. The highest BCUT2D eigenvalue weighted by Crippen LogP contribution is 2.23. The molecule has 2 N–H and O–H groups in total. The van der Waals surface area contributed by atoms with Crippen molar-refractivity contribution in [3.63, 3.8) is 0 Å². The molecule has 4 aromatic rings. The van der Waals surface area contributed by atoms with E-state index in [2.05, 4.69) is 9.97 Å². The molecule has 2 aromatic carbocycles. The molecule has 2 aromatic heterocycles. The Morgan fingerprint density at radius 3 is 2.43 bits per heavy atom. The standard InChI is InChI=1S/C28H26FN5O3/c1-17-6-4-5-7-23(17)27-32-15-24(33(3)18(2)26(30)36)28(37)34(27)16-19-12-21(14-31-13-19)25(35)20-8-10-22(29)11-9-20/h4-15,18H,16H2,1-3H3,(H2,30,36). The van der Waals surface area contributed by atoms with E-state index in [-0.39, 0.29) is 23.6 Å². The van der Waals surface area contributed by atoms with Gasteiger partial charge in [0.05, 0.1) is 12.7 Å². The number of rotatable bonds is 8. The lowest BCUT2D eigenvalue weighted by molar-refractivity contribution is -0.118. The molecule has 8 nitrogen and oxygen atoms in total. The van der Waals surface area contributed by atoms with E-state index in [1.807, 2.05) is 31.2 Å². The van der Waals surface area contributed by atoms with Crippen molar-refractivity contribution in [3.8, 4) is 11.4 Å². The van der Waals surface area contributed by atoms with Crippen LogP contribution in [0.1, 0.15) is 34.0 Å². The van der Waals surface area contributed by atoms with Crippen molar-refractivity contribution in [1.29, 1.82) is 0 Å². The van der Waals surface area contributed by atoms with Gasteiger partial charge in [-0.1, -0.05) is 24.3 Å². The van der Waals surface area contributed by atoms with E-state index in [4.69, 9.17) is 5.73 Å². The third kappa shape index (κ3) is 5.30. The number of nitrogens with zero attached hydrogens (tertiary/aromatic N) is 4. The van der Waals surface area contributed by atoms with E-state index in [0.717, 1.165) is 11.1 Å². The Kier molecular flexibility index (Phi) is 7.24. The fourth-order valence-corrected chi connectivity index (χ4v) is 3.96. The second-order valence-corrected chi connectivity index (χ2v) is 8.78. The zero-order chi connectivity index (χ0) is 26.7. The Balaban J connectivity index is 1.80. The highest BCUT2D eigenvalue weighted by atomic mass is 19.1. The highest BCUT2D eigenvalue weighted by molar-refractivity contribution is 6.08. The number of aryl methyl sites for hydroxylation is 1. The van der Waals surface area contributed by atoms with Crippen molar-refractivity contribution in [3.05, 3.63) is 112 Å². The first-order chi connectivity index (χ1) is 17.7. The molecule has 188 valence electrons. The van der Waals surface area contributed by atoms with Gasteiger partial charge in [-0.3, -0.25) is 23.9 Å². The minimum atomic E-state index is -0.731. The number of amides is 1. The van der Waals surface area contributed by atoms with Crippen molar-refractivity contribution in [2.45, 2.75) is 26.4 Å². The Hall–Kier alpha value is -4.66. The molecule has 1 amide bonds. The maximum atomic E-state index is 13.7. The Labute approximate surface area is 213 Å². The molecule has 37 heavy (non-hydrogen) atoms. The van der Waals surface area contributed by atoms with E-state index in [0.29, 0.717) is 22.5 Å². The van der Waals surface area contributed by atoms with Gasteiger partial charge in [-0.25, -0.2) is 9.37 Å². The van der Waals surface area contributed by atoms with Gasteiger partial charge in [-0.05, 0) is 55.3 Å². The molecule has 0 aliphatic rings. The van der Waals surface area contributed by atoms with Crippen LogP contribution in [-0.4, -0.2) is 39.3 Å². The quantitative estimate of drug-likeness (QED) is 0.372. The molecule has 0 aliphatic carbocycles. The van der Waals surface area contributed by atoms with Crippen molar-refractivity contribution < 1.29 is 14.0 Å². The molecule has 2 heterocycles. The largest absolute Gasteiger partial charge is 0.368 e. The van der Waals surface area contributed by atoms with Gasteiger partial charge in [-0.15, -0.1) is 0 Å². The number of ketones is 1. The zero-order valence-electron chi connectivity index (χ0n) is 20.7. The summed E-state index contributed by atoms with van der Waals surface area (Å²) in [6.07, 6.45) is 4.43. The van der Waals surface area contributed by atoms with Crippen molar-refractivity contribution in [1.82, 2.24) is 14.5 Å². The molecule has 1 atom stereocenters. The number of nitrogens with two attached hydrogens (primary N) is 1. The van der Waals surface area contributed by atoms with Crippen LogP contribution in [0.4, 0.5) is 10.1 Å². The molecule has 0 saturated carbocycles. The molecule has 0 aliphatic heterocycles. The van der Waals surface area contributed by atoms with Crippen LogP contribution in [0.3, 0.4) is 0 Å². The van der Waals surface area contributed by atoms with Crippen LogP contribution in [0, 0.1) is 12.7 Å². The van der Waals surface area contributed by atoms with Gasteiger partial charge < -0.3 is 10.6 Å². The van der Waals surface area contributed by atoms with Gasteiger partial charge in [0.2, 0.25) is 5.91 Å². The second-order valence-electron chi connectivity index (χ2n) is 8.78. The number of halogens is 1. The van der Waals surface area contributed by atoms with Crippen LogP contribution in [-0.2, 0) is 11.3 Å². The normalized spacial score (nSPS) is 11.7. The van der Waals surface area contributed by atoms with Gasteiger partial charge in [0.15, 0.2) is 5.78 Å². The number of aromatic nitrogens is 3. The summed E-state index contributed by atoms with van der Waals surface area (Å²) in [6, 6.07) is 13.7. The molecular weight excluding hydrogens is 473 g/mol. The number of carbonyl (C=O) groups excluding carboxylic acids is 2. The number of primary amides is 1. The summed E-state index contributed by atoms with van der Waals surface area (Å²) in [5.74, 6) is -0.896. The SMILES string of the molecule is Cc1ccccc1-c1ncc(N(C)C(C)C(N)=O)c(=O)n1Cc1cncc(C(=O)c2ccc(F)cc2)c1. The lowest BCUT2D eigenvalue weighted by Gasteiger charge is -2.25. The van der Waals surface area contributed by atoms with Gasteiger partial charge in [0.1, 0.15) is 23.4 Å². The molecular formula is C28H26FN5O3. The average Bonchev–Trinajstić information content (AvgIpc) is 2.89. The number of anilines is 1. The third-order valence-corrected chi connectivity index (χ3v) is 6.29. The maximum Gasteiger partial charge on any atom is 0.277 e. The fraction of sp³-hybridized carbons (Fsp3) is 0.179. The molecule has 0 saturated heterocycles. The first-order valence-electron chi connectivity index (χ1n) is 11.6. The monoisotopic (exact) mass is 499 g/mol. The average molecular weight is 500 g/mol. The summed E-state index contributed by atoms with van der Waals surface area (Å²) >= 11 is 0. The summed E-state index contributed by atoms with van der Waals surface area (Å²) < 4.78 is 14.8. The number of likely N-dealkylation sites (N-methyl/N-ethyl adjacent to an activating group) is 1. The molecule has 9 heteroatoms. The Morgan fingerprint density at radius 2 is 1.76 bits per heavy atom. The second kappa shape index (κ2) is 10.5. The van der Waals surface area contributed by atoms with Gasteiger partial charge in [0, 0.05) is 36.1 Å². The van der Waals surface area contributed by atoms with Gasteiger partial charge >= 0.3 is 0 Å². The number of hydrogen-bond acceptors (Lipinski definition) is 6. The molecule has 4 rings (SSSR count). The Bertz CT molecular complexity index is 1530. The first kappa shape index (κ1) is 25.4. The molecule has 0 fully saturated rings. The Morgan fingerprint density at radius 1 is 1.05 bits per heavy atom. The smallest absolute Gasteiger partial charge is 0.277 e. The van der Waals surface area contributed by atoms with Crippen LogP contribution in [0.5, 0.6) is 0 Å². The van der Waals surface area contributed by atoms with Crippen molar-refractivity contribution in [2.24, 2.45) is 5.73 Å². The lowest BCUT2D eigenvalue weighted by atomic mass is 10.0.